The summed E-state index contributed by atoms with van der Waals surface area (Å²) in [6.07, 6.45) is 0.368. The SMILES string of the molecule is COc1ccc(C(O)CCC(=O)NCCCNC(C)=O)c(OC)c1. The highest BCUT2D eigenvalue weighted by Gasteiger charge is 2.15. The summed E-state index contributed by atoms with van der Waals surface area (Å²) in [7, 11) is 3.08. The van der Waals surface area contributed by atoms with E-state index in [9.17, 15) is 14.7 Å². The maximum absolute atomic E-state index is 11.8. The van der Waals surface area contributed by atoms with Gasteiger partial charge in [-0.2, -0.15) is 0 Å². The summed E-state index contributed by atoms with van der Waals surface area (Å²) in [4.78, 5) is 22.5. The zero-order chi connectivity index (χ0) is 17.9. The normalized spacial score (nSPS) is 11.5. The molecular weight excluding hydrogens is 312 g/mol. The van der Waals surface area contributed by atoms with Gasteiger partial charge in [-0.1, -0.05) is 0 Å². The van der Waals surface area contributed by atoms with Gasteiger partial charge in [0, 0.05) is 38.1 Å². The van der Waals surface area contributed by atoms with Crippen LogP contribution in [0.25, 0.3) is 0 Å². The molecule has 0 saturated heterocycles. The molecule has 0 radical (unpaired) electrons. The Bertz CT molecular complexity index is 548. The van der Waals surface area contributed by atoms with E-state index in [0.717, 1.165) is 0 Å². The fourth-order valence-electron chi connectivity index (χ4n) is 2.19. The van der Waals surface area contributed by atoms with E-state index in [1.807, 2.05) is 0 Å². The van der Waals surface area contributed by atoms with Crippen LogP contribution in [-0.2, 0) is 9.59 Å². The second kappa shape index (κ2) is 10.5. The van der Waals surface area contributed by atoms with Crippen molar-refractivity contribution in [2.75, 3.05) is 27.3 Å². The number of benzene rings is 1. The molecule has 1 aromatic carbocycles. The smallest absolute Gasteiger partial charge is 0.220 e. The molecule has 134 valence electrons. The molecule has 0 aliphatic carbocycles. The molecule has 0 spiro atoms. The number of hydrogen-bond donors (Lipinski definition) is 3. The van der Waals surface area contributed by atoms with Crippen LogP contribution in [0.2, 0.25) is 0 Å². The number of amides is 2. The van der Waals surface area contributed by atoms with Gasteiger partial charge in [0.1, 0.15) is 11.5 Å². The fourth-order valence-corrected chi connectivity index (χ4v) is 2.19. The van der Waals surface area contributed by atoms with E-state index >= 15 is 0 Å². The number of hydrogen-bond acceptors (Lipinski definition) is 5. The van der Waals surface area contributed by atoms with Gasteiger partial charge in [-0.15, -0.1) is 0 Å². The van der Waals surface area contributed by atoms with Gasteiger partial charge in [0.2, 0.25) is 11.8 Å². The van der Waals surface area contributed by atoms with Crippen LogP contribution in [0.4, 0.5) is 0 Å². The maximum Gasteiger partial charge on any atom is 0.220 e. The van der Waals surface area contributed by atoms with Crippen LogP contribution in [0.1, 0.15) is 37.9 Å². The van der Waals surface area contributed by atoms with Crippen molar-refractivity contribution in [1.29, 1.82) is 0 Å². The summed E-state index contributed by atoms with van der Waals surface area (Å²) in [5.74, 6) is 0.944. The van der Waals surface area contributed by atoms with Gasteiger partial charge in [-0.05, 0) is 25.0 Å². The second-order valence-electron chi connectivity index (χ2n) is 5.35. The van der Waals surface area contributed by atoms with Crippen LogP contribution in [0.5, 0.6) is 11.5 Å². The third kappa shape index (κ3) is 6.87. The molecule has 2 amide bonds. The molecule has 0 fully saturated rings. The van der Waals surface area contributed by atoms with E-state index in [1.54, 1.807) is 25.3 Å². The predicted octanol–water partition coefficient (Wildman–Crippen LogP) is 1.16. The number of carbonyl (C=O) groups excluding carboxylic acids is 2. The van der Waals surface area contributed by atoms with Crippen molar-refractivity contribution in [2.45, 2.75) is 32.3 Å². The average molecular weight is 338 g/mol. The lowest BCUT2D eigenvalue weighted by molar-refractivity contribution is -0.121. The molecule has 1 aromatic rings. The number of aliphatic hydroxyl groups excluding tert-OH is 1. The Balaban J connectivity index is 2.38. The lowest BCUT2D eigenvalue weighted by atomic mass is 10.0. The van der Waals surface area contributed by atoms with E-state index in [4.69, 9.17) is 9.47 Å². The van der Waals surface area contributed by atoms with Crippen molar-refractivity contribution in [1.82, 2.24) is 10.6 Å². The van der Waals surface area contributed by atoms with Crippen molar-refractivity contribution < 1.29 is 24.2 Å². The summed E-state index contributed by atoms with van der Waals surface area (Å²) in [6, 6.07) is 5.16. The predicted molar refractivity (Wildman–Crippen MR) is 90.1 cm³/mol. The quantitative estimate of drug-likeness (QED) is 0.556. The van der Waals surface area contributed by atoms with Crippen LogP contribution in [0.3, 0.4) is 0 Å². The average Bonchev–Trinajstić information content (AvgIpc) is 2.58. The van der Waals surface area contributed by atoms with E-state index in [0.29, 0.717) is 43.0 Å². The van der Waals surface area contributed by atoms with Crippen LogP contribution in [0.15, 0.2) is 18.2 Å². The molecule has 0 aromatic heterocycles. The van der Waals surface area contributed by atoms with Crippen LogP contribution in [0, 0.1) is 0 Å². The van der Waals surface area contributed by atoms with Gasteiger partial charge in [0.25, 0.3) is 0 Å². The number of ether oxygens (including phenoxy) is 2. The molecule has 0 aliphatic heterocycles. The minimum atomic E-state index is -0.795. The van der Waals surface area contributed by atoms with E-state index in [-0.39, 0.29) is 18.2 Å². The van der Waals surface area contributed by atoms with Gasteiger partial charge < -0.3 is 25.2 Å². The zero-order valence-corrected chi connectivity index (χ0v) is 14.4. The van der Waals surface area contributed by atoms with E-state index < -0.39 is 6.10 Å². The molecule has 7 nitrogen and oxygen atoms in total. The summed E-state index contributed by atoms with van der Waals surface area (Å²) in [5, 5.41) is 15.7. The van der Waals surface area contributed by atoms with Crippen LogP contribution in [-0.4, -0.2) is 44.2 Å². The first-order chi connectivity index (χ1) is 11.5. The number of carbonyl (C=O) groups is 2. The van der Waals surface area contributed by atoms with Gasteiger partial charge in [-0.3, -0.25) is 9.59 Å². The molecule has 1 atom stereocenters. The molecular formula is C17H26N2O5. The standard InChI is InChI=1S/C17H26N2O5/c1-12(20)18-9-4-10-19-17(22)8-7-15(21)14-6-5-13(23-2)11-16(14)24-3/h5-6,11,15,21H,4,7-10H2,1-3H3,(H,18,20)(H,19,22). The summed E-state index contributed by atoms with van der Waals surface area (Å²) in [6.45, 7) is 2.47. The van der Waals surface area contributed by atoms with E-state index in [2.05, 4.69) is 10.6 Å². The summed E-state index contributed by atoms with van der Waals surface area (Å²) in [5.41, 5.74) is 0.622. The van der Waals surface area contributed by atoms with Gasteiger partial charge in [0.05, 0.1) is 20.3 Å². The second-order valence-corrected chi connectivity index (χ2v) is 5.35. The molecule has 0 bridgehead atoms. The highest BCUT2D eigenvalue weighted by atomic mass is 16.5. The molecule has 3 N–H and O–H groups in total. The summed E-state index contributed by atoms with van der Waals surface area (Å²) >= 11 is 0. The first-order valence-corrected chi connectivity index (χ1v) is 7.89. The van der Waals surface area contributed by atoms with Gasteiger partial charge in [-0.25, -0.2) is 0 Å². The topological polar surface area (TPSA) is 96.9 Å². The Morgan fingerprint density at radius 2 is 1.88 bits per heavy atom. The van der Waals surface area contributed by atoms with Crippen LogP contribution < -0.4 is 20.1 Å². The molecule has 0 heterocycles. The van der Waals surface area contributed by atoms with Crippen molar-refractivity contribution in [3.8, 4) is 11.5 Å². The monoisotopic (exact) mass is 338 g/mol. The Hall–Kier alpha value is -2.28. The Labute approximate surface area is 142 Å². The molecule has 7 heteroatoms. The minimum absolute atomic E-state index is 0.0853. The molecule has 1 unspecified atom stereocenters. The van der Waals surface area contributed by atoms with Crippen molar-refractivity contribution in [3.63, 3.8) is 0 Å². The fraction of sp³-hybridized carbons (Fsp3) is 0.529. The third-order valence-electron chi connectivity index (χ3n) is 3.49. The molecule has 24 heavy (non-hydrogen) atoms. The zero-order valence-electron chi connectivity index (χ0n) is 14.4. The highest BCUT2D eigenvalue weighted by molar-refractivity contribution is 5.76. The highest BCUT2D eigenvalue weighted by Crippen LogP contribution is 2.31. The van der Waals surface area contributed by atoms with Crippen molar-refractivity contribution >= 4 is 11.8 Å². The lowest BCUT2D eigenvalue weighted by Crippen LogP contribution is -2.28. The third-order valence-corrected chi connectivity index (χ3v) is 3.49. The van der Waals surface area contributed by atoms with Crippen molar-refractivity contribution in [2.24, 2.45) is 0 Å². The first kappa shape index (κ1) is 19.8. The first-order valence-electron chi connectivity index (χ1n) is 7.89. The van der Waals surface area contributed by atoms with Crippen molar-refractivity contribution in [3.05, 3.63) is 23.8 Å². The Morgan fingerprint density at radius 1 is 1.17 bits per heavy atom. The largest absolute Gasteiger partial charge is 0.497 e. The Morgan fingerprint density at radius 3 is 2.50 bits per heavy atom. The molecule has 0 saturated carbocycles. The number of aliphatic hydroxyl groups is 1. The molecule has 1 rings (SSSR count). The lowest BCUT2D eigenvalue weighted by Gasteiger charge is -2.15. The number of methoxy groups -OCH3 is 2. The Kier molecular flexibility index (Phi) is 8.64. The maximum atomic E-state index is 11.8. The number of nitrogens with one attached hydrogen (secondary N) is 2. The number of rotatable bonds is 10. The van der Waals surface area contributed by atoms with E-state index in [1.165, 1.54) is 14.0 Å². The summed E-state index contributed by atoms with van der Waals surface area (Å²) < 4.78 is 10.4. The molecule has 0 aliphatic rings. The van der Waals surface area contributed by atoms with Gasteiger partial charge >= 0.3 is 0 Å². The van der Waals surface area contributed by atoms with Gasteiger partial charge in [0.15, 0.2) is 0 Å². The minimum Gasteiger partial charge on any atom is -0.497 e. The van der Waals surface area contributed by atoms with Crippen LogP contribution >= 0.6 is 0 Å².